The van der Waals surface area contributed by atoms with Crippen LogP contribution in [0.1, 0.15) is 135 Å². The quantitative estimate of drug-likeness (QED) is 0.226. The molecule has 0 aliphatic heterocycles. The van der Waals surface area contributed by atoms with E-state index >= 15 is 0 Å². The van der Waals surface area contributed by atoms with Crippen LogP contribution in [0.2, 0.25) is 0 Å². The van der Waals surface area contributed by atoms with E-state index in [0.29, 0.717) is 6.54 Å². The number of carbonyl (C=O) groups is 3. The first kappa shape index (κ1) is 34.6. The van der Waals surface area contributed by atoms with Crippen molar-refractivity contribution in [3.63, 3.8) is 0 Å². The third-order valence-corrected chi connectivity index (χ3v) is 7.97. The number of rotatable bonds is 14. The minimum atomic E-state index is -0.820. The monoisotopic (exact) mass is 571 g/mol. The maximum Gasteiger partial charge on any atom is 0.408 e. The topological polar surface area (TPSA) is 87.7 Å². The highest BCUT2D eigenvalue weighted by atomic mass is 16.6. The molecule has 0 aromatic heterocycles. The van der Waals surface area contributed by atoms with E-state index < -0.39 is 23.8 Å². The molecule has 1 aliphatic rings. The molecule has 0 radical (unpaired) electrons. The summed E-state index contributed by atoms with van der Waals surface area (Å²) < 4.78 is 5.52. The zero-order chi connectivity index (χ0) is 30.6. The summed E-state index contributed by atoms with van der Waals surface area (Å²) >= 11 is 0. The van der Waals surface area contributed by atoms with Crippen LogP contribution >= 0.6 is 0 Å². The van der Waals surface area contributed by atoms with Crippen LogP contribution in [-0.4, -0.2) is 47.0 Å². The molecule has 3 amide bonds. The Morgan fingerprint density at radius 2 is 1.54 bits per heavy atom. The maximum atomic E-state index is 14.5. The number of unbranched alkanes of at least 4 members (excludes halogenated alkanes) is 5. The normalized spacial score (nSPS) is 15.7. The van der Waals surface area contributed by atoms with Gasteiger partial charge < -0.3 is 20.3 Å². The Balaban J connectivity index is 2.49. The molecule has 2 atom stereocenters. The van der Waals surface area contributed by atoms with Crippen molar-refractivity contribution in [3.05, 3.63) is 34.9 Å². The van der Waals surface area contributed by atoms with Gasteiger partial charge in [0.2, 0.25) is 11.8 Å². The minimum Gasteiger partial charge on any atom is -0.444 e. The van der Waals surface area contributed by atoms with Crippen LogP contribution in [0.5, 0.6) is 0 Å². The number of aryl methyl sites for hydroxylation is 2. The van der Waals surface area contributed by atoms with Gasteiger partial charge in [-0.15, -0.1) is 0 Å². The van der Waals surface area contributed by atoms with Gasteiger partial charge >= 0.3 is 6.09 Å². The molecule has 0 bridgehead atoms. The van der Waals surface area contributed by atoms with E-state index in [9.17, 15) is 14.4 Å². The molecule has 0 heterocycles. The predicted molar refractivity (Wildman–Crippen MR) is 167 cm³/mol. The van der Waals surface area contributed by atoms with E-state index in [2.05, 4.69) is 17.6 Å². The van der Waals surface area contributed by atoms with Crippen LogP contribution in [-0.2, 0) is 14.3 Å². The molecule has 2 unspecified atom stereocenters. The third kappa shape index (κ3) is 11.3. The largest absolute Gasteiger partial charge is 0.444 e. The number of amides is 3. The zero-order valence-corrected chi connectivity index (χ0v) is 27.1. The number of nitrogens with zero attached hydrogens (tertiary/aromatic N) is 1. The maximum absolute atomic E-state index is 14.5. The fourth-order valence-corrected chi connectivity index (χ4v) is 5.77. The molecular formula is C34H57N3O4. The minimum absolute atomic E-state index is 0.120. The summed E-state index contributed by atoms with van der Waals surface area (Å²) in [6, 6.07) is 4.54. The SMILES string of the molecule is CCCCCCCCN(C(=O)C(NC(=O)OC(C)(C)C)C(C)C)C(C(=O)NC1CCCCC1)c1c(C)cccc1C. The first-order valence-electron chi connectivity index (χ1n) is 16.0. The molecular weight excluding hydrogens is 514 g/mol. The number of nitrogens with one attached hydrogen (secondary N) is 2. The molecule has 232 valence electrons. The van der Waals surface area contributed by atoms with Crippen molar-refractivity contribution < 1.29 is 19.1 Å². The van der Waals surface area contributed by atoms with Crippen LogP contribution in [0.4, 0.5) is 4.79 Å². The van der Waals surface area contributed by atoms with E-state index in [1.165, 1.54) is 25.7 Å². The number of benzene rings is 1. The van der Waals surface area contributed by atoms with Crippen LogP contribution in [0.15, 0.2) is 18.2 Å². The van der Waals surface area contributed by atoms with Crippen LogP contribution in [0.3, 0.4) is 0 Å². The van der Waals surface area contributed by atoms with Crippen molar-refractivity contribution in [2.45, 2.75) is 150 Å². The lowest BCUT2D eigenvalue weighted by molar-refractivity contribution is -0.143. The Morgan fingerprint density at radius 3 is 2.10 bits per heavy atom. The molecule has 7 heteroatoms. The predicted octanol–water partition coefficient (Wildman–Crippen LogP) is 7.53. The second-order valence-electron chi connectivity index (χ2n) is 13.2. The first-order chi connectivity index (χ1) is 19.4. The fourth-order valence-electron chi connectivity index (χ4n) is 5.77. The van der Waals surface area contributed by atoms with E-state index in [4.69, 9.17) is 4.74 Å². The summed E-state index contributed by atoms with van der Waals surface area (Å²) in [6.45, 7) is 15.9. The summed E-state index contributed by atoms with van der Waals surface area (Å²) in [7, 11) is 0. The number of carbonyl (C=O) groups excluding carboxylic acids is 3. The molecule has 2 rings (SSSR count). The second kappa shape index (κ2) is 16.8. The Hall–Kier alpha value is -2.57. The van der Waals surface area contributed by atoms with Gasteiger partial charge in [0.25, 0.3) is 0 Å². The Kier molecular flexibility index (Phi) is 14.2. The van der Waals surface area contributed by atoms with Gasteiger partial charge in [0.05, 0.1) is 0 Å². The van der Waals surface area contributed by atoms with Crippen molar-refractivity contribution in [2.75, 3.05) is 6.54 Å². The molecule has 1 fully saturated rings. The van der Waals surface area contributed by atoms with Gasteiger partial charge in [0, 0.05) is 12.6 Å². The average Bonchev–Trinajstić information content (AvgIpc) is 2.88. The molecule has 1 aromatic carbocycles. The molecule has 1 aliphatic carbocycles. The van der Waals surface area contributed by atoms with Crippen molar-refractivity contribution >= 4 is 17.9 Å². The first-order valence-corrected chi connectivity index (χ1v) is 16.0. The Bertz CT molecular complexity index is 958. The van der Waals surface area contributed by atoms with E-state index in [0.717, 1.165) is 61.6 Å². The van der Waals surface area contributed by atoms with Gasteiger partial charge in [-0.25, -0.2) is 4.79 Å². The van der Waals surface area contributed by atoms with Gasteiger partial charge in [0.1, 0.15) is 17.7 Å². The van der Waals surface area contributed by atoms with Gasteiger partial charge in [-0.2, -0.15) is 0 Å². The molecule has 41 heavy (non-hydrogen) atoms. The summed E-state index contributed by atoms with van der Waals surface area (Å²) in [6.07, 6.45) is 11.1. The van der Waals surface area contributed by atoms with Crippen LogP contribution < -0.4 is 10.6 Å². The number of alkyl carbamates (subject to hydrolysis) is 1. The lowest BCUT2D eigenvalue weighted by Crippen LogP contribution is -2.55. The van der Waals surface area contributed by atoms with Crippen molar-refractivity contribution in [1.82, 2.24) is 15.5 Å². The van der Waals surface area contributed by atoms with Gasteiger partial charge in [-0.05, 0) is 76.5 Å². The highest BCUT2D eigenvalue weighted by Crippen LogP contribution is 2.31. The number of hydrogen-bond donors (Lipinski definition) is 2. The standard InChI is InChI=1S/C34H57N3O4/c1-9-10-11-12-13-17-23-37(32(39)29(24(2)3)36-33(40)41-34(6,7)8)30(28-25(4)19-18-20-26(28)5)31(38)35-27-21-15-14-16-22-27/h18-20,24,27,29-30H,9-17,21-23H2,1-8H3,(H,35,38)(H,36,40). The highest BCUT2D eigenvalue weighted by Gasteiger charge is 2.39. The molecule has 7 nitrogen and oxygen atoms in total. The molecule has 2 N–H and O–H groups in total. The summed E-state index contributed by atoms with van der Waals surface area (Å²) in [5.41, 5.74) is 2.15. The zero-order valence-electron chi connectivity index (χ0n) is 27.1. The van der Waals surface area contributed by atoms with Crippen molar-refractivity contribution in [3.8, 4) is 0 Å². The molecule has 0 saturated heterocycles. The third-order valence-electron chi connectivity index (χ3n) is 7.97. The summed E-state index contributed by atoms with van der Waals surface area (Å²) in [5.74, 6) is -0.568. The van der Waals surface area contributed by atoms with E-state index in [-0.39, 0.29) is 23.8 Å². The van der Waals surface area contributed by atoms with Gasteiger partial charge in [0.15, 0.2) is 0 Å². The lowest BCUT2D eigenvalue weighted by atomic mass is 9.91. The summed E-state index contributed by atoms with van der Waals surface area (Å²) in [4.78, 5) is 43.3. The average molecular weight is 572 g/mol. The molecule has 1 aromatic rings. The fraction of sp³-hybridized carbons (Fsp3) is 0.735. The lowest BCUT2D eigenvalue weighted by Gasteiger charge is -2.37. The summed E-state index contributed by atoms with van der Waals surface area (Å²) in [5, 5.41) is 6.16. The Morgan fingerprint density at radius 1 is 0.951 bits per heavy atom. The van der Waals surface area contributed by atoms with Gasteiger partial charge in [-0.1, -0.05) is 90.3 Å². The smallest absolute Gasteiger partial charge is 0.408 e. The van der Waals surface area contributed by atoms with Crippen LogP contribution in [0.25, 0.3) is 0 Å². The van der Waals surface area contributed by atoms with Crippen LogP contribution in [0, 0.1) is 19.8 Å². The van der Waals surface area contributed by atoms with E-state index in [1.807, 2.05) is 45.9 Å². The number of ether oxygens (including phenoxy) is 1. The Labute approximate surface area is 249 Å². The van der Waals surface area contributed by atoms with Crippen molar-refractivity contribution in [1.29, 1.82) is 0 Å². The van der Waals surface area contributed by atoms with Crippen molar-refractivity contribution in [2.24, 2.45) is 5.92 Å². The molecule has 1 saturated carbocycles. The highest BCUT2D eigenvalue weighted by molar-refractivity contribution is 5.92. The van der Waals surface area contributed by atoms with Gasteiger partial charge in [-0.3, -0.25) is 9.59 Å². The van der Waals surface area contributed by atoms with E-state index in [1.54, 1.807) is 25.7 Å². The number of hydrogen-bond acceptors (Lipinski definition) is 4. The second-order valence-corrected chi connectivity index (χ2v) is 13.2. The molecule has 0 spiro atoms.